The van der Waals surface area contributed by atoms with Gasteiger partial charge in [0.15, 0.2) is 0 Å². The summed E-state index contributed by atoms with van der Waals surface area (Å²) in [5.41, 5.74) is 1.11. The van der Waals surface area contributed by atoms with E-state index in [9.17, 15) is 17.6 Å². The van der Waals surface area contributed by atoms with E-state index in [0.29, 0.717) is 16.8 Å². The van der Waals surface area contributed by atoms with Gasteiger partial charge in [0, 0.05) is 29.4 Å². The SMILES string of the molecule is O=C(c1cccc(NS(=O)(=O)c2ccccc2)c1)N(Cc1ccccc1F)C1CC1. The maximum absolute atomic E-state index is 14.1. The number of sulfonamides is 1. The van der Waals surface area contributed by atoms with Crippen LogP contribution in [0, 0.1) is 5.82 Å². The molecule has 0 spiro atoms. The Morgan fingerprint density at radius 1 is 0.967 bits per heavy atom. The Hall–Kier alpha value is -3.19. The molecule has 0 bridgehead atoms. The molecule has 30 heavy (non-hydrogen) atoms. The highest BCUT2D eigenvalue weighted by Crippen LogP contribution is 2.31. The van der Waals surface area contributed by atoms with Crippen LogP contribution in [0.1, 0.15) is 28.8 Å². The zero-order chi connectivity index (χ0) is 21.1. The number of benzene rings is 3. The topological polar surface area (TPSA) is 66.5 Å². The van der Waals surface area contributed by atoms with E-state index < -0.39 is 10.0 Å². The van der Waals surface area contributed by atoms with Crippen molar-refractivity contribution >= 4 is 21.6 Å². The van der Waals surface area contributed by atoms with Crippen LogP contribution in [0.25, 0.3) is 0 Å². The van der Waals surface area contributed by atoms with Crippen molar-refractivity contribution in [1.82, 2.24) is 4.90 Å². The number of nitrogens with zero attached hydrogens (tertiary/aromatic N) is 1. The standard InChI is InChI=1S/C23H21FN2O3S/c24-22-12-5-4-7-18(22)16-26(20-13-14-20)23(27)17-8-6-9-19(15-17)25-30(28,29)21-10-2-1-3-11-21/h1-12,15,20,25H,13-14,16H2. The first kappa shape index (κ1) is 20.1. The van der Waals surface area contributed by atoms with E-state index in [1.807, 2.05) is 0 Å². The predicted molar refractivity (Wildman–Crippen MR) is 113 cm³/mol. The number of anilines is 1. The zero-order valence-electron chi connectivity index (χ0n) is 16.2. The first-order valence-electron chi connectivity index (χ1n) is 9.66. The van der Waals surface area contributed by atoms with E-state index in [1.54, 1.807) is 59.5 Å². The van der Waals surface area contributed by atoms with Gasteiger partial charge in [-0.1, -0.05) is 42.5 Å². The molecule has 0 saturated heterocycles. The fourth-order valence-corrected chi connectivity index (χ4v) is 4.33. The number of amides is 1. The molecular formula is C23H21FN2O3S. The number of carbonyl (C=O) groups excluding carboxylic acids is 1. The Balaban J connectivity index is 1.56. The molecule has 3 aromatic carbocycles. The lowest BCUT2D eigenvalue weighted by Crippen LogP contribution is -2.33. The van der Waals surface area contributed by atoms with Gasteiger partial charge in [-0.25, -0.2) is 12.8 Å². The molecule has 4 rings (SSSR count). The molecule has 0 radical (unpaired) electrons. The molecule has 1 aliphatic rings. The van der Waals surface area contributed by atoms with Gasteiger partial charge in [0.25, 0.3) is 15.9 Å². The largest absolute Gasteiger partial charge is 0.331 e. The Morgan fingerprint density at radius 2 is 1.67 bits per heavy atom. The van der Waals surface area contributed by atoms with Crippen LogP contribution in [0.15, 0.2) is 83.8 Å². The quantitative estimate of drug-likeness (QED) is 0.610. The highest BCUT2D eigenvalue weighted by Gasteiger charge is 2.33. The molecule has 1 saturated carbocycles. The van der Waals surface area contributed by atoms with E-state index >= 15 is 0 Å². The first-order chi connectivity index (χ1) is 14.4. The van der Waals surface area contributed by atoms with Crippen LogP contribution in [0.2, 0.25) is 0 Å². The second-order valence-electron chi connectivity index (χ2n) is 7.25. The normalized spacial score (nSPS) is 13.6. The molecule has 7 heteroatoms. The van der Waals surface area contributed by atoms with Crippen molar-refractivity contribution in [3.63, 3.8) is 0 Å². The monoisotopic (exact) mass is 424 g/mol. The van der Waals surface area contributed by atoms with Gasteiger partial charge < -0.3 is 4.90 Å². The van der Waals surface area contributed by atoms with Crippen LogP contribution in [0.5, 0.6) is 0 Å². The Labute approximate surface area is 175 Å². The van der Waals surface area contributed by atoms with Gasteiger partial charge in [0.05, 0.1) is 4.90 Å². The van der Waals surface area contributed by atoms with E-state index in [2.05, 4.69) is 4.72 Å². The molecule has 0 aliphatic heterocycles. The van der Waals surface area contributed by atoms with Crippen molar-refractivity contribution < 1.29 is 17.6 Å². The third-order valence-corrected chi connectivity index (χ3v) is 6.36. The maximum atomic E-state index is 14.1. The van der Waals surface area contributed by atoms with Gasteiger partial charge in [0.1, 0.15) is 5.82 Å². The van der Waals surface area contributed by atoms with Gasteiger partial charge in [0.2, 0.25) is 0 Å². The van der Waals surface area contributed by atoms with Crippen LogP contribution in [0.3, 0.4) is 0 Å². The molecule has 3 aromatic rings. The minimum Gasteiger partial charge on any atom is -0.331 e. The van der Waals surface area contributed by atoms with Crippen LogP contribution in [-0.2, 0) is 16.6 Å². The molecule has 1 fully saturated rings. The van der Waals surface area contributed by atoms with Crippen molar-refractivity contribution in [3.8, 4) is 0 Å². The minimum atomic E-state index is -3.76. The molecule has 154 valence electrons. The zero-order valence-corrected chi connectivity index (χ0v) is 17.0. The van der Waals surface area contributed by atoms with Crippen molar-refractivity contribution in [2.75, 3.05) is 4.72 Å². The highest BCUT2D eigenvalue weighted by atomic mass is 32.2. The Bertz CT molecular complexity index is 1160. The van der Waals surface area contributed by atoms with Gasteiger partial charge in [-0.15, -0.1) is 0 Å². The highest BCUT2D eigenvalue weighted by molar-refractivity contribution is 7.92. The van der Waals surface area contributed by atoms with Crippen LogP contribution < -0.4 is 4.72 Å². The van der Waals surface area contributed by atoms with Gasteiger partial charge in [-0.05, 0) is 49.2 Å². The maximum Gasteiger partial charge on any atom is 0.261 e. The molecular weight excluding hydrogens is 403 g/mol. The van der Waals surface area contributed by atoms with Crippen molar-refractivity contribution in [3.05, 3.63) is 95.8 Å². The lowest BCUT2D eigenvalue weighted by molar-refractivity contribution is 0.0728. The summed E-state index contributed by atoms with van der Waals surface area (Å²) in [6, 6.07) is 20.9. The fraction of sp³-hybridized carbons (Fsp3) is 0.174. The summed E-state index contributed by atoms with van der Waals surface area (Å²) in [6.07, 6.45) is 1.75. The second-order valence-corrected chi connectivity index (χ2v) is 8.94. The molecule has 5 nitrogen and oxygen atoms in total. The summed E-state index contributed by atoms with van der Waals surface area (Å²) in [5.74, 6) is -0.596. The van der Waals surface area contributed by atoms with Crippen LogP contribution in [0.4, 0.5) is 10.1 Å². The van der Waals surface area contributed by atoms with E-state index in [-0.39, 0.29) is 29.2 Å². The third-order valence-electron chi connectivity index (χ3n) is 4.96. The summed E-state index contributed by atoms with van der Waals surface area (Å²) in [6.45, 7) is 0.177. The predicted octanol–water partition coefficient (Wildman–Crippen LogP) is 4.43. The average molecular weight is 424 g/mol. The molecule has 0 heterocycles. The Morgan fingerprint density at radius 3 is 2.37 bits per heavy atom. The van der Waals surface area contributed by atoms with Crippen LogP contribution in [-0.4, -0.2) is 25.3 Å². The number of carbonyl (C=O) groups is 1. The molecule has 0 atom stereocenters. The van der Waals surface area contributed by atoms with Crippen LogP contribution >= 0.6 is 0 Å². The number of rotatable bonds is 7. The van der Waals surface area contributed by atoms with Crippen molar-refractivity contribution in [2.45, 2.75) is 30.3 Å². The van der Waals surface area contributed by atoms with Crippen molar-refractivity contribution in [1.29, 1.82) is 0 Å². The van der Waals surface area contributed by atoms with E-state index in [0.717, 1.165) is 12.8 Å². The second kappa shape index (κ2) is 8.28. The third kappa shape index (κ3) is 4.52. The van der Waals surface area contributed by atoms with Crippen molar-refractivity contribution in [2.24, 2.45) is 0 Å². The lowest BCUT2D eigenvalue weighted by atomic mass is 10.1. The summed E-state index contributed by atoms with van der Waals surface area (Å²) in [5, 5.41) is 0. The minimum absolute atomic E-state index is 0.0711. The summed E-state index contributed by atoms with van der Waals surface area (Å²) in [7, 11) is -3.76. The molecule has 0 aromatic heterocycles. The Kier molecular flexibility index (Phi) is 5.55. The lowest BCUT2D eigenvalue weighted by Gasteiger charge is -2.23. The molecule has 1 N–H and O–H groups in total. The summed E-state index contributed by atoms with van der Waals surface area (Å²) >= 11 is 0. The number of hydrogen-bond acceptors (Lipinski definition) is 3. The number of nitrogens with one attached hydrogen (secondary N) is 1. The van der Waals surface area contributed by atoms with E-state index in [1.165, 1.54) is 24.3 Å². The van der Waals surface area contributed by atoms with Gasteiger partial charge in [-0.3, -0.25) is 9.52 Å². The number of halogens is 1. The van der Waals surface area contributed by atoms with Gasteiger partial charge in [-0.2, -0.15) is 0 Å². The molecule has 1 amide bonds. The fourth-order valence-electron chi connectivity index (χ4n) is 3.26. The van der Waals surface area contributed by atoms with E-state index in [4.69, 9.17) is 0 Å². The first-order valence-corrected chi connectivity index (χ1v) is 11.1. The average Bonchev–Trinajstić information content (AvgIpc) is 3.58. The number of hydrogen-bond donors (Lipinski definition) is 1. The van der Waals surface area contributed by atoms with Gasteiger partial charge >= 0.3 is 0 Å². The molecule has 1 aliphatic carbocycles. The summed E-state index contributed by atoms with van der Waals surface area (Å²) < 4.78 is 41.7. The smallest absolute Gasteiger partial charge is 0.261 e. The summed E-state index contributed by atoms with van der Waals surface area (Å²) in [4.78, 5) is 15.0. The molecule has 0 unspecified atom stereocenters.